The molecule has 1 aliphatic heterocycles. The van der Waals surface area contributed by atoms with Crippen molar-refractivity contribution in [3.63, 3.8) is 0 Å². The van der Waals surface area contributed by atoms with Crippen molar-refractivity contribution in [3.05, 3.63) is 59.7 Å². The van der Waals surface area contributed by atoms with Crippen LogP contribution in [-0.4, -0.2) is 22.9 Å². The molecule has 1 atom stereocenters. The second-order valence-electron chi connectivity index (χ2n) is 5.53. The summed E-state index contributed by atoms with van der Waals surface area (Å²) in [6.45, 7) is 2.79. The van der Waals surface area contributed by atoms with Crippen molar-refractivity contribution in [3.8, 4) is 11.5 Å². The number of para-hydroxylation sites is 2. The lowest BCUT2D eigenvalue weighted by Crippen LogP contribution is -2.26. The van der Waals surface area contributed by atoms with E-state index >= 15 is 0 Å². The third-order valence-corrected chi connectivity index (χ3v) is 4.04. The van der Waals surface area contributed by atoms with Gasteiger partial charge in [0.05, 0.1) is 12.7 Å². The zero-order valence-electron chi connectivity index (χ0n) is 11.4. The van der Waals surface area contributed by atoms with Crippen molar-refractivity contribution >= 4 is 0 Å². The van der Waals surface area contributed by atoms with Gasteiger partial charge in [0.2, 0.25) is 0 Å². The number of ether oxygens (including phenoxy) is 1. The maximum Gasteiger partial charge on any atom is 0.119 e. The highest BCUT2D eigenvalue weighted by Gasteiger charge is 2.39. The number of aromatic hydroxyl groups is 2. The number of rotatable bonds is 4. The minimum atomic E-state index is -0.474. The molecule has 0 aromatic heterocycles. The predicted molar refractivity (Wildman–Crippen MR) is 77.0 cm³/mol. The van der Waals surface area contributed by atoms with Gasteiger partial charge < -0.3 is 14.9 Å². The summed E-state index contributed by atoms with van der Waals surface area (Å²) in [4.78, 5) is 0. The van der Waals surface area contributed by atoms with Gasteiger partial charge in [-0.1, -0.05) is 43.3 Å². The van der Waals surface area contributed by atoms with Crippen LogP contribution in [0, 0.1) is 0 Å². The summed E-state index contributed by atoms with van der Waals surface area (Å²) in [5.41, 5.74) is 1.16. The Morgan fingerprint density at radius 1 is 1.00 bits per heavy atom. The molecule has 104 valence electrons. The molecule has 0 amide bonds. The van der Waals surface area contributed by atoms with E-state index in [9.17, 15) is 10.2 Å². The minimum Gasteiger partial charge on any atom is -0.508 e. The molecule has 3 rings (SSSR count). The maximum absolute atomic E-state index is 10.2. The molecule has 20 heavy (non-hydrogen) atoms. The smallest absolute Gasteiger partial charge is 0.119 e. The highest BCUT2D eigenvalue weighted by Crippen LogP contribution is 2.45. The minimum absolute atomic E-state index is 0.194. The first kappa shape index (κ1) is 13.0. The molecule has 0 bridgehead atoms. The van der Waals surface area contributed by atoms with E-state index in [0.717, 1.165) is 24.2 Å². The van der Waals surface area contributed by atoms with E-state index in [1.54, 1.807) is 24.3 Å². The Morgan fingerprint density at radius 3 is 1.85 bits per heavy atom. The van der Waals surface area contributed by atoms with Gasteiger partial charge in [-0.3, -0.25) is 0 Å². The van der Waals surface area contributed by atoms with E-state index in [1.165, 1.54) is 0 Å². The van der Waals surface area contributed by atoms with Crippen LogP contribution in [0.15, 0.2) is 48.5 Å². The molecule has 0 radical (unpaired) electrons. The molecule has 2 N–H and O–H groups in total. The first-order valence-corrected chi connectivity index (χ1v) is 6.80. The normalized spacial score (nSPS) is 17.9. The van der Waals surface area contributed by atoms with E-state index in [-0.39, 0.29) is 17.6 Å². The van der Waals surface area contributed by atoms with Crippen LogP contribution in [0.1, 0.15) is 24.5 Å². The largest absolute Gasteiger partial charge is 0.508 e. The molecule has 1 heterocycles. The maximum atomic E-state index is 10.2. The van der Waals surface area contributed by atoms with Gasteiger partial charge >= 0.3 is 0 Å². The predicted octanol–water partition coefficient (Wildman–Crippen LogP) is 3.19. The highest BCUT2D eigenvalue weighted by atomic mass is 16.6. The number of hydrogen-bond donors (Lipinski definition) is 2. The summed E-state index contributed by atoms with van der Waals surface area (Å²) < 4.78 is 5.36. The Hall–Kier alpha value is -2.00. The second-order valence-corrected chi connectivity index (χ2v) is 5.53. The molecule has 0 aliphatic carbocycles. The topological polar surface area (TPSA) is 53.0 Å². The molecular formula is C17H18O3. The molecule has 0 saturated carbocycles. The average molecular weight is 270 g/mol. The molecule has 3 heteroatoms. The van der Waals surface area contributed by atoms with Crippen LogP contribution in [0.25, 0.3) is 0 Å². The molecule has 1 fully saturated rings. The van der Waals surface area contributed by atoms with Crippen LogP contribution in [0.4, 0.5) is 0 Å². The zero-order valence-corrected chi connectivity index (χ0v) is 11.4. The standard InChI is InChI=1S/C17H18O3/c1-17(10-12-11-20-12,13-6-2-4-8-15(13)18)14-7-3-5-9-16(14)19/h2-9,12,18-19H,10-11H2,1H3. The van der Waals surface area contributed by atoms with Gasteiger partial charge in [-0.2, -0.15) is 0 Å². The lowest BCUT2D eigenvalue weighted by molar-refractivity contribution is 0.344. The van der Waals surface area contributed by atoms with Crippen LogP contribution < -0.4 is 0 Å². The molecule has 2 aromatic carbocycles. The van der Waals surface area contributed by atoms with E-state index in [2.05, 4.69) is 0 Å². The number of epoxide rings is 1. The Bertz CT molecular complexity index is 572. The Labute approximate surface area is 118 Å². The number of phenolic OH excluding ortho intramolecular Hbond substituents is 2. The van der Waals surface area contributed by atoms with Crippen LogP contribution in [-0.2, 0) is 10.2 Å². The van der Waals surface area contributed by atoms with Crippen molar-refractivity contribution in [1.82, 2.24) is 0 Å². The monoisotopic (exact) mass is 270 g/mol. The van der Waals surface area contributed by atoms with Crippen molar-refractivity contribution in [2.24, 2.45) is 0 Å². The van der Waals surface area contributed by atoms with Crippen molar-refractivity contribution in [1.29, 1.82) is 0 Å². The van der Waals surface area contributed by atoms with E-state index in [4.69, 9.17) is 4.74 Å². The van der Waals surface area contributed by atoms with Gasteiger partial charge in [0.1, 0.15) is 11.5 Å². The third kappa shape index (κ3) is 2.25. The van der Waals surface area contributed by atoms with Crippen LogP contribution in [0.5, 0.6) is 11.5 Å². The fourth-order valence-electron chi connectivity index (χ4n) is 2.89. The van der Waals surface area contributed by atoms with Crippen molar-refractivity contribution in [2.75, 3.05) is 6.61 Å². The fraction of sp³-hybridized carbons (Fsp3) is 0.294. The van der Waals surface area contributed by atoms with E-state index in [0.29, 0.717) is 0 Å². The van der Waals surface area contributed by atoms with Crippen LogP contribution in [0.3, 0.4) is 0 Å². The van der Waals surface area contributed by atoms with Gasteiger partial charge in [-0.25, -0.2) is 0 Å². The van der Waals surface area contributed by atoms with Crippen molar-refractivity contribution < 1.29 is 14.9 Å². The Kier molecular flexibility index (Phi) is 3.14. The van der Waals surface area contributed by atoms with Gasteiger partial charge in [0.25, 0.3) is 0 Å². The molecule has 2 aromatic rings. The summed E-state index contributed by atoms with van der Waals surface area (Å²) in [5, 5.41) is 20.4. The van der Waals surface area contributed by atoms with Gasteiger partial charge in [0.15, 0.2) is 0 Å². The highest BCUT2D eigenvalue weighted by molar-refractivity contribution is 5.50. The number of phenols is 2. The van der Waals surface area contributed by atoms with Crippen molar-refractivity contribution in [2.45, 2.75) is 24.9 Å². The zero-order chi connectivity index (χ0) is 14.2. The summed E-state index contributed by atoms with van der Waals surface area (Å²) in [7, 11) is 0. The summed E-state index contributed by atoms with van der Waals surface area (Å²) in [6.07, 6.45) is 0.932. The molecule has 1 unspecified atom stereocenters. The number of benzene rings is 2. The van der Waals surface area contributed by atoms with Crippen LogP contribution >= 0.6 is 0 Å². The summed E-state index contributed by atoms with van der Waals surface area (Å²) in [6, 6.07) is 14.6. The molecule has 0 spiro atoms. The quantitative estimate of drug-likeness (QED) is 0.839. The molecular weight excluding hydrogens is 252 g/mol. The Balaban J connectivity index is 2.14. The molecule has 1 aliphatic rings. The van der Waals surface area contributed by atoms with Gasteiger partial charge in [-0.05, 0) is 18.6 Å². The first-order chi connectivity index (χ1) is 9.61. The summed E-state index contributed by atoms with van der Waals surface area (Å²) >= 11 is 0. The second kappa shape index (κ2) is 4.84. The SMILES string of the molecule is CC(CC1CO1)(c1ccccc1O)c1ccccc1O. The van der Waals surface area contributed by atoms with Gasteiger partial charge in [0, 0.05) is 16.5 Å². The first-order valence-electron chi connectivity index (χ1n) is 6.80. The Morgan fingerprint density at radius 2 is 1.45 bits per heavy atom. The molecule has 3 nitrogen and oxygen atoms in total. The molecule has 1 saturated heterocycles. The van der Waals surface area contributed by atoms with Crippen LogP contribution in [0.2, 0.25) is 0 Å². The average Bonchev–Trinajstić information content (AvgIpc) is 3.23. The third-order valence-electron chi connectivity index (χ3n) is 4.04. The van der Waals surface area contributed by atoms with E-state index < -0.39 is 5.41 Å². The lowest BCUT2D eigenvalue weighted by Gasteiger charge is -2.31. The lowest BCUT2D eigenvalue weighted by atomic mass is 9.72. The fourth-order valence-corrected chi connectivity index (χ4v) is 2.89. The number of hydrogen-bond acceptors (Lipinski definition) is 3. The summed E-state index contributed by atoms with van der Waals surface area (Å²) in [5.74, 6) is 0.498. The van der Waals surface area contributed by atoms with Gasteiger partial charge in [-0.15, -0.1) is 0 Å². The van der Waals surface area contributed by atoms with E-state index in [1.807, 2.05) is 31.2 Å².